The Kier molecular flexibility index (Phi) is 11.9. The average Bonchev–Trinajstić information content (AvgIpc) is 3.39. The molecule has 1 aromatic rings. The summed E-state index contributed by atoms with van der Waals surface area (Å²) in [6.07, 6.45) is -6.54. The molecule has 1 spiro atoms. The van der Waals surface area contributed by atoms with Crippen molar-refractivity contribution in [3.8, 4) is 0 Å². The second kappa shape index (κ2) is 13.4. The van der Waals surface area contributed by atoms with E-state index in [1.807, 2.05) is 0 Å². The molecule has 3 rings (SSSR count). The Morgan fingerprint density at radius 1 is 1.14 bits per heavy atom. The number of thiophene rings is 1. The molecular formula is C21H30F6N2O5S. The SMILES string of the molecule is CCN(CC)[C@@H]1CCO[C@]2(CCN(Cc3ccsc3)C2)C1.O=C(O)C(F)(F)F.O=C(O)C(F)(F)F. The van der Waals surface area contributed by atoms with Crippen LogP contribution in [-0.2, 0) is 20.9 Å². The van der Waals surface area contributed by atoms with Gasteiger partial charge in [0.05, 0.1) is 5.60 Å². The van der Waals surface area contributed by atoms with Gasteiger partial charge >= 0.3 is 24.3 Å². The lowest BCUT2D eigenvalue weighted by Gasteiger charge is -2.42. The number of carboxylic acid groups (broad SMARTS) is 2. The zero-order valence-corrected chi connectivity index (χ0v) is 20.2. The molecule has 7 nitrogen and oxygen atoms in total. The van der Waals surface area contributed by atoms with E-state index in [9.17, 15) is 26.3 Å². The maximum Gasteiger partial charge on any atom is 0.490 e. The van der Waals surface area contributed by atoms with Gasteiger partial charge in [-0.1, -0.05) is 13.8 Å². The Balaban J connectivity index is 0.000000362. The van der Waals surface area contributed by atoms with Crippen LogP contribution in [0.5, 0.6) is 0 Å². The molecule has 0 aliphatic carbocycles. The van der Waals surface area contributed by atoms with Crippen LogP contribution >= 0.6 is 11.3 Å². The zero-order valence-electron chi connectivity index (χ0n) is 19.4. The second-order valence-electron chi connectivity index (χ2n) is 8.10. The van der Waals surface area contributed by atoms with Crippen molar-refractivity contribution in [3.05, 3.63) is 22.4 Å². The van der Waals surface area contributed by atoms with Gasteiger partial charge in [0.15, 0.2) is 0 Å². The summed E-state index contributed by atoms with van der Waals surface area (Å²) in [7, 11) is 0. The molecule has 2 N–H and O–H groups in total. The van der Waals surface area contributed by atoms with Crippen molar-refractivity contribution in [3.63, 3.8) is 0 Å². The molecule has 35 heavy (non-hydrogen) atoms. The Hall–Kier alpha value is -1.90. The van der Waals surface area contributed by atoms with Gasteiger partial charge in [-0.2, -0.15) is 37.7 Å². The van der Waals surface area contributed by atoms with E-state index in [2.05, 4.69) is 40.5 Å². The van der Waals surface area contributed by atoms with Crippen LogP contribution in [0.4, 0.5) is 26.3 Å². The van der Waals surface area contributed by atoms with Crippen LogP contribution in [0.3, 0.4) is 0 Å². The zero-order chi connectivity index (χ0) is 26.9. The number of alkyl halides is 6. The molecule has 0 amide bonds. The van der Waals surface area contributed by atoms with Gasteiger partial charge < -0.3 is 19.8 Å². The van der Waals surface area contributed by atoms with E-state index in [0.717, 1.165) is 38.8 Å². The highest BCUT2D eigenvalue weighted by Gasteiger charge is 2.44. The quantitative estimate of drug-likeness (QED) is 0.537. The van der Waals surface area contributed by atoms with E-state index in [4.69, 9.17) is 24.5 Å². The minimum atomic E-state index is -5.08. The molecule has 0 unspecified atom stereocenters. The molecule has 14 heteroatoms. The van der Waals surface area contributed by atoms with E-state index in [1.165, 1.54) is 31.4 Å². The van der Waals surface area contributed by atoms with Crippen molar-refractivity contribution in [1.29, 1.82) is 0 Å². The standard InChI is InChI=1S/C17H28N2OS.2C2HF3O2/c1-3-19(4-2)16-5-9-20-17(11-16)7-8-18(14-17)12-15-6-10-21-13-15;2*3-2(4,5)1(6)7/h6,10,13,16H,3-5,7-9,11-12,14H2,1-2H3;2*(H,6,7)/t16-,17-;;/m1../s1. The number of aliphatic carboxylic acids is 2. The molecule has 1 aromatic heterocycles. The number of carboxylic acids is 2. The minimum Gasteiger partial charge on any atom is -0.475 e. The normalized spacial score (nSPS) is 22.8. The van der Waals surface area contributed by atoms with E-state index in [0.29, 0.717) is 0 Å². The number of halogens is 6. The van der Waals surface area contributed by atoms with Crippen LogP contribution < -0.4 is 0 Å². The number of ether oxygens (including phenoxy) is 1. The van der Waals surface area contributed by atoms with Gasteiger partial charge in [-0.05, 0) is 54.7 Å². The van der Waals surface area contributed by atoms with Crippen LogP contribution in [0.1, 0.15) is 38.7 Å². The average molecular weight is 537 g/mol. The van der Waals surface area contributed by atoms with E-state index >= 15 is 0 Å². The number of hydrogen-bond acceptors (Lipinski definition) is 6. The van der Waals surface area contributed by atoms with Gasteiger partial charge in [0.2, 0.25) is 0 Å². The van der Waals surface area contributed by atoms with E-state index < -0.39 is 24.3 Å². The summed E-state index contributed by atoms with van der Waals surface area (Å²) in [6.45, 7) is 11.2. The first kappa shape index (κ1) is 31.1. The number of hydrogen-bond donors (Lipinski definition) is 2. The predicted molar refractivity (Wildman–Crippen MR) is 116 cm³/mol. The van der Waals surface area contributed by atoms with Gasteiger partial charge in [-0.25, -0.2) is 9.59 Å². The topological polar surface area (TPSA) is 90.3 Å². The summed E-state index contributed by atoms with van der Waals surface area (Å²) in [5.41, 5.74) is 1.58. The van der Waals surface area contributed by atoms with Crippen molar-refractivity contribution in [2.24, 2.45) is 0 Å². The summed E-state index contributed by atoms with van der Waals surface area (Å²) in [4.78, 5) is 23.0. The summed E-state index contributed by atoms with van der Waals surface area (Å²) in [5.74, 6) is -5.51. The van der Waals surface area contributed by atoms with Gasteiger partial charge in [0.1, 0.15) is 0 Å². The fraction of sp³-hybridized carbons (Fsp3) is 0.714. The highest BCUT2D eigenvalue weighted by Crippen LogP contribution is 2.36. The lowest BCUT2D eigenvalue weighted by atomic mass is 9.88. The first-order valence-corrected chi connectivity index (χ1v) is 11.8. The van der Waals surface area contributed by atoms with Crippen LogP contribution in [0.2, 0.25) is 0 Å². The largest absolute Gasteiger partial charge is 0.490 e. The van der Waals surface area contributed by atoms with Gasteiger partial charge in [0.25, 0.3) is 0 Å². The Labute approximate surface area is 203 Å². The van der Waals surface area contributed by atoms with Crippen LogP contribution in [0.15, 0.2) is 16.8 Å². The molecule has 0 radical (unpaired) electrons. The van der Waals surface area contributed by atoms with Crippen molar-refractivity contribution >= 4 is 23.3 Å². The van der Waals surface area contributed by atoms with Crippen LogP contribution in [0.25, 0.3) is 0 Å². The Bertz CT molecular complexity index is 762. The molecule has 0 bridgehead atoms. The molecule has 2 aliphatic heterocycles. The molecule has 0 aromatic carbocycles. The number of likely N-dealkylation sites (tertiary alicyclic amines) is 1. The molecule has 2 aliphatic rings. The Morgan fingerprint density at radius 3 is 2.11 bits per heavy atom. The molecule has 2 saturated heterocycles. The molecule has 202 valence electrons. The third-order valence-electron chi connectivity index (χ3n) is 5.66. The third-order valence-corrected chi connectivity index (χ3v) is 6.39. The monoisotopic (exact) mass is 536 g/mol. The highest BCUT2D eigenvalue weighted by atomic mass is 32.1. The predicted octanol–water partition coefficient (Wildman–Crippen LogP) is 4.48. The van der Waals surface area contributed by atoms with Crippen molar-refractivity contribution < 1.29 is 50.9 Å². The highest BCUT2D eigenvalue weighted by molar-refractivity contribution is 7.07. The molecule has 0 saturated carbocycles. The maximum absolute atomic E-state index is 10.6. The van der Waals surface area contributed by atoms with E-state index in [-0.39, 0.29) is 5.60 Å². The summed E-state index contributed by atoms with van der Waals surface area (Å²) >= 11 is 1.80. The second-order valence-corrected chi connectivity index (χ2v) is 8.88. The van der Waals surface area contributed by atoms with Crippen molar-refractivity contribution in [1.82, 2.24) is 9.80 Å². The third kappa shape index (κ3) is 10.7. The number of carbonyl (C=O) groups is 2. The van der Waals surface area contributed by atoms with Gasteiger partial charge in [-0.15, -0.1) is 0 Å². The smallest absolute Gasteiger partial charge is 0.475 e. The first-order chi connectivity index (χ1) is 16.1. The lowest BCUT2D eigenvalue weighted by molar-refractivity contribution is -0.193. The first-order valence-electron chi connectivity index (χ1n) is 10.8. The number of nitrogens with zero attached hydrogens (tertiary/aromatic N) is 2. The van der Waals surface area contributed by atoms with Crippen LogP contribution in [0, 0.1) is 0 Å². The Morgan fingerprint density at radius 2 is 1.69 bits per heavy atom. The fourth-order valence-corrected chi connectivity index (χ4v) is 4.70. The molecule has 3 heterocycles. The van der Waals surface area contributed by atoms with Crippen LogP contribution in [-0.4, -0.2) is 88.7 Å². The number of rotatable bonds is 5. The van der Waals surface area contributed by atoms with Gasteiger partial charge in [-0.3, -0.25) is 4.90 Å². The van der Waals surface area contributed by atoms with Crippen molar-refractivity contribution in [2.45, 2.75) is 63.7 Å². The summed E-state index contributed by atoms with van der Waals surface area (Å²) in [6, 6.07) is 2.96. The molecular weight excluding hydrogens is 506 g/mol. The van der Waals surface area contributed by atoms with Crippen molar-refractivity contribution in [2.75, 3.05) is 32.8 Å². The fourth-order valence-electron chi connectivity index (χ4n) is 4.04. The van der Waals surface area contributed by atoms with Gasteiger partial charge in [0, 0.05) is 32.3 Å². The summed E-state index contributed by atoms with van der Waals surface area (Å²) in [5, 5.41) is 18.7. The molecule has 2 fully saturated rings. The maximum atomic E-state index is 10.6. The minimum absolute atomic E-state index is 0.127. The lowest BCUT2D eigenvalue weighted by Crippen LogP contribution is -2.50. The molecule has 2 atom stereocenters. The summed E-state index contributed by atoms with van der Waals surface area (Å²) < 4.78 is 69.8. The van der Waals surface area contributed by atoms with E-state index in [1.54, 1.807) is 11.3 Å².